The highest BCUT2D eigenvalue weighted by Crippen LogP contribution is 2.14. The van der Waals surface area contributed by atoms with Gasteiger partial charge in [-0.05, 0) is 20.8 Å². The topological polar surface area (TPSA) is 79.6 Å². The van der Waals surface area contributed by atoms with E-state index in [4.69, 9.17) is 14.7 Å². The fourth-order valence-corrected chi connectivity index (χ4v) is 1.43. The zero-order chi connectivity index (χ0) is 13.1. The fourth-order valence-electron chi connectivity index (χ4n) is 1.43. The predicted molar refractivity (Wildman–Crippen MR) is 58.2 cm³/mol. The second-order valence-corrected chi connectivity index (χ2v) is 4.74. The van der Waals surface area contributed by atoms with Crippen molar-refractivity contribution in [3.8, 4) is 6.07 Å². The number of hydrogen-bond donors (Lipinski definition) is 0. The molecule has 0 aromatic rings. The molecule has 0 bridgehead atoms. The Labute approximate surface area is 100 Å². The Balaban J connectivity index is 2.75. The fraction of sp³-hybridized carbons (Fsp3) is 0.727. The molecule has 6 nitrogen and oxygen atoms in total. The monoisotopic (exact) mass is 240 g/mol. The van der Waals surface area contributed by atoms with Crippen LogP contribution in [0.25, 0.3) is 0 Å². The Kier molecular flexibility index (Phi) is 4.07. The van der Waals surface area contributed by atoms with E-state index < -0.39 is 23.5 Å². The maximum Gasteiger partial charge on any atom is 0.411 e. The quantitative estimate of drug-likeness (QED) is 0.631. The first-order valence-corrected chi connectivity index (χ1v) is 5.36. The Morgan fingerprint density at radius 2 is 2.12 bits per heavy atom. The van der Waals surface area contributed by atoms with Crippen LogP contribution < -0.4 is 0 Å². The van der Waals surface area contributed by atoms with Gasteiger partial charge in [0.2, 0.25) is 0 Å². The van der Waals surface area contributed by atoms with E-state index in [1.165, 1.54) is 11.0 Å². The van der Waals surface area contributed by atoms with Crippen molar-refractivity contribution < 1.29 is 19.1 Å². The van der Waals surface area contributed by atoms with Gasteiger partial charge in [0, 0.05) is 6.54 Å². The summed E-state index contributed by atoms with van der Waals surface area (Å²) in [6.45, 7) is 5.87. The van der Waals surface area contributed by atoms with E-state index in [9.17, 15) is 9.59 Å². The Bertz CT molecular complexity index is 353. The number of carbonyl (C=O) groups excluding carboxylic acids is 2. The van der Waals surface area contributed by atoms with Crippen molar-refractivity contribution in [2.75, 3.05) is 19.8 Å². The van der Waals surface area contributed by atoms with Gasteiger partial charge in [0.15, 0.2) is 0 Å². The zero-order valence-electron chi connectivity index (χ0n) is 10.2. The minimum Gasteiger partial charge on any atom is -0.444 e. The van der Waals surface area contributed by atoms with E-state index in [1.807, 2.05) is 0 Å². The summed E-state index contributed by atoms with van der Waals surface area (Å²) in [4.78, 5) is 24.4. The zero-order valence-corrected chi connectivity index (χ0v) is 10.2. The summed E-state index contributed by atoms with van der Waals surface area (Å²) in [6, 6.07) is 0.656. The number of carbonyl (C=O) groups is 2. The molecule has 0 unspecified atom stereocenters. The van der Waals surface area contributed by atoms with Crippen LogP contribution in [0.5, 0.6) is 0 Å². The predicted octanol–water partition coefficient (Wildman–Crippen LogP) is 0.715. The number of amides is 1. The number of nitrogens with zero attached hydrogens (tertiary/aromatic N) is 2. The molecule has 0 N–H and O–H groups in total. The van der Waals surface area contributed by atoms with Gasteiger partial charge in [-0.3, -0.25) is 9.69 Å². The number of ketones is 1. The van der Waals surface area contributed by atoms with Crippen molar-refractivity contribution in [2.45, 2.75) is 32.4 Å². The molecule has 1 atom stereocenters. The number of hydrogen-bond acceptors (Lipinski definition) is 5. The van der Waals surface area contributed by atoms with E-state index in [0.29, 0.717) is 6.61 Å². The summed E-state index contributed by atoms with van der Waals surface area (Å²) in [7, 11) is 0. The number of nitriles is 1. The average Bonchev–Trinajstić information content (AvgIpc) is 2.25. The molecule has 1 fully saturated rings. The van der Waals surface area contributed by atoms with Crippen molar-refractivity contribution >= 4 is 11.9 Å². The van der Waals surface area contributed by atoms with Crippen molar-refractivity contribution in [1.82, 2.24) is 4.90 Å². The molecule has 0 saturated carbocycles. The van der Waals surface area contributed by atoms with Crippen LogP contribution in [0.3, 0.4) is 0 Å². The molecule has 0 aromatic heterocycles. The molecule has 94 valence electrons. The molecule has 0 radical (unpaired) electrons. The summed E-state index contributed by atoms with van der Waals surface area (Å²) in [5.41, 5.74) is -0.629. The largest absolute Gasteiger partial charge is 0.444 e. The molecule has 17 heavy (non-hydrogen) atoms. The van der Waals surface area contributed by atoms with Crippen LogP contribution in [-0.2, 0) is 14.3 Å². The van der Waals surface area contributed by atoms with Crippen LogP contribution in [0.4, 0.5) is 4.79 Å². The summed E-state index contributed by atoms with van der Waals surface area (Å²) in [5, 5.41) is 8.59. The summed E-state index contributed by atoms with van der Waals surface area (Å²) >= 11 is 0. The lowest BCUT2D eigenvalue weighted by Gasteiger charge is -2.34. The van der Waals surface area contributed by atoms with Gasteiger partial charge in [0.1, 0.15) is 17.7 Å². The van der Waals surface area contributed by atoms with E-state index in [2.05, 4.69) is 0 Å². The van der Waals surface area contributed by atoms with E-state index in [-0.39, 0.29) is 13.2 Å². The van der Waals surface area contributed by atoms with Crippen LogP contribution in [0, 0.1) is 11.3 Å². The highest BCUT2D eigenvalue weighted by molar-refractivity contribution is 5.99. The lowest BCUT2D eigenvalue weighted by atomic mass is 10.1. The number of ether oxygens (including phenoxy) is 2. The molecule has 1 amide bonds. The third-order valence-corrected chi connectivity index (χ3v) is 2.17. The van der Waals surface area contributed by atoms with Crippen LogP contribution in [-0.4, -0.2) is 48.2 Å². The van der Waals surface area contributed by atoms with Crippen LogP contribution in [0.15, 0.2) is 0 Å². The number of Topliss-reactive ketones (excluding diaryl/α,β-unsaturated/α-hetero) is 1. The van der Waals surface area contributed by atoms with E-state index in [1.54, 1.807) is 20.8 Å². The molecule has 1 aliphatic heterocycles. The van der Waals surface area contributed by atoms with Gasteiger partial charge in [-0.25, -0.2) is 4.79 Å². The molecule has 0 spiro atoms. The maximum absolute atomic E-state index is 11.8. The van der Waals surface area contributed by atoms with E-state index >= 15 is 0 Å². The molecule has 1 aliphatic rings. The van der Waals surface area contributed by atoms with Gasteiger partial charge in [0.05, 0.1) is 13.2 Å². The first-order valence-electron chi connectivity index (χ1n) is 5.36. The normalized spacial score (nSPS) is 20.6. The van der Waals surface area contributed by atoms with Gasteiger partial charge < -0.3 is 9.47 Å². The number of morpholine rings is 1. The van der Waals surface area contributed by atoms with E-state index in [0.717, 1.165) is 0 Å². The smallest absolute Gasteiger partial charge is 0.411 e. The second-order valence-electron chi connectivity index (χ2n) is 4.74. The summed E-state index contributed by atoms with van der Waals surface area (Å²) in [6.07, 6.45) is -0.589. The first-order chi connectivity index (χ1) is 7.85. The van der Waals surface area contributed by atoms with Crippen LogP contribution in [0.2, 0.25) is 0 Å². The Morgan fingerprint density at radius 3 is 2.65 bits per heavy atom. The molecule has 1 heterocycles. The van der Waals surface area contributed by atoms with Gasteiger partial charge in [-0.15, -0.1) is 0 Å². The highest BCUT2D eigenvalue weighted by atomic mass is 16.6. The first kappa shape index (κ1) is 13.5. The standard InChI is InChI=1S/C11H16N2O4/c1-11(2,3)17-10(15)13-4-5-16-7-8(13)9(14)6-12/h8H,4-5,7H2,1-3H3/t8-/m0/s1. The minimum atomic E-state index is -0.858. The summed E-state index contributed by atoms with van der Waals surface area (Å²) < 4.78 is 10.3. The van der Waals surface area contributed by atoms with Crippen molar-refractivity contribution in [3.63, 3.8) is 0 Å². The van der Waals surface area contributed by atoms with Crippen molar-refractivity contribution in [2.24, 2.45) is 0 Å². The molecule has 0 aliphatic carbocycles. The van der Waals surface area contributed by atoms with Crippen molar-refractivity contribution in [1.29, 1.82) is 5.26 Å². The maximum atomic E-state index is 11.8. The minimum absolute atomic E-state index is 0.0473. The number of rotatable bonds is 1. The SMILES string of the molecule is CC(C)(C)OC(=O)N1CCOC[C@H]1C(=O)C#N. The molecule has 1 rings (SSSR count). The van der Waals surface area contributed by atoms with Gasteiger partial charge in [0.25, 0.3) is 5.78 Å². The lowest BCUT2D eigenvalue weighted by molar-refractivity contribution is -0.124. The Morgan fingerprint density at radius 1 is 1.47 bits per heavy atom. The van der Waals surface area contributed by atoms with Gasteiger partial charge >= 0.3 is 6.09 Å². The lowest BCUT2D eigenvalue weighted by Crippen LogP contribution is -2.53. The molecule has 6 heteroatoms. The van der Waals surface area contributed by atoms with Crippen molar-refractivity contribution in [3.05, 3.63) is 0 Å². The molecule has 0 aromatic carbocycles. The average molecular weight is 240 g/mol. The van der Waals surface area contributed by atoms with Gasteiger partial charge in [-0.1, -0.05) is 0 Å². The van der Waals surface area contributed by atoms with Crippen LogP contribution in [0.1, 0.15) is 20.8 Å². The second kappa shape index (κ2) is 5.15. The summed E-state index contributed by atoms with van der Waals surface area (Å²) in [5.74, 6) is -0.685. The highest BCUT2D eigenvalue weighted by Gasteiger charge is 2.35. The molecule has 1 saturated heterocycles. The molecular formula is C11H16N2O4. The molecular weight excluding hydrogens is 224 g/mol. The van der Waals surface area contributed by atoms with Crippen LogP contribution >= 0.6 is 0 Å². The third-order valence-electron chi connectivity index (χ3n) is 2.17. The Hall–Kier alpha value is -1.61. The third kappa shape index (κ3) is 3.71. The van der Waals surface area contributed by atoms with Gasteiger partial charge in [-0.2, -0.15) is 5.26 Å².